The van der Waals surface area contributed by atoms with Crippen molar-refractivity contribution in [3.63, 3.8) is 0 Å². The minimum Gasteiger partial charge on any atom is -0.370 e. The zero-order chi connectivity index (χ0) is 37.2. The molecule has 0 saturated carbocycles. The van der Waals surface area contributed by atoms with E-state index in [1.54, 1.807) is 4.57 Å². The number of aromatic nitrogens is 3. The van der Waals surface area contributed by atoms with E-state index in [0.29, 0.717) is 18.1 Å². The lowest BCUT2D eigenvalue weighted by Crippen LogP contribution is -2.23. The molecule has 0 bridgehead atoms. The Balaban J connectivity index is 0.000000286. The van der Waals surface area contributed by atoms with E-state index in [4.69, 9.17) is 17.2 Å². The maximum atomic E-state index is 14.7. The van der Waals surface area contributed by atoms with E-state index in [9.17, 15) is 9.18 Å². The molecule has 2 aromatic heterocycles. The molecule has 4 rings (SSSR count). The summed E-state index contributed by atoms with van der Waals surface area (Å²) in [6, 6.07) is 14.3. The Morgan fingerprint density at radius 1 is 0.980 bits per heavy atom. The van der Waals surface area contributed by atoms with E-state index in [1.807, 2.05) is 37.4 Å². The van der Waals surface area contributed by atoms with Crippen molar-refractivity contribution in [2.75, 3.05) is 13.1 Å². The summed E-state index contributed by atoms with van der Waals surface area (Å²) >= 11 is 0. The number of H-pyrrole nitrogens is 1. The molecule has 1 atom stereocenters. The van der Waals surface area contributed by atoms with Crippen LogP contribution < -0.4 is 28.2 Å². The van der Waals surface area contributed by atoms with Gasteiger partial charge in [0.1, 0.15) is 11.5 Å². The Kier molecular flexibility index (Phi) is 14.4. The second-order valence-corrected chi connectivity index (χ2v) is 16.0. The van der Waals surface area contributed by atoms with Gasteiger partial charge in [-0.2, -0.15) is 4.98 Å². The predicted octanol–water partition coefficient (Wildman–Crippen LogP) is 6.76. The van der Waals surface area contributed by atoms with Gasteiger partial charge in [-0.15, -0.1) is 0 Å². The van der Waals surface area contributed by atoms with Gasteiger partial charge in [0.2, 0.25) is 0 Å². The third-order valence-corrected chi connectivity index (χ3v) is 8.43. The maximum absolute atomic E-state index is 14.7. The summed E-state index contributed by atoms with van der Waals surface area (Å²) in [6.45, 7) is 21.1. The lowest BCUT2D eigenvalue weighted by Gasteiger charge is -2.23. The average molecular weight is 689 g/mol. The molecule has 9 nitrogen and oxygen atoms in total. The van der Waals surface area contributed by atoms with Crippen LogP contribution in [0, 0.1) is 11.7 Å². The Morgan fingerprint density at radius 2 is 1.66 bits per heavy atom. The van der Waals surface area contributed by atoms with Crippen LogP contribution in [0.3, 0.4) is 0 Å². The van der Waals surface area contributed by atoms with Gasteiger partial charge >= 0.3 is 5.69 Å². The number of aliphatic imine (C=N–C) groups is 1. The largest absolute Gasteiger partial charge is 0.370 e. The number of guanidine groups is 1. The van der Waals surface area contributed by atoms with Crippen LogP contribution in [-0.2, 0) is 30.2 Å². The van der Waals surface area contributed by atoms with Crippen molar-refractivity contribution in [3.05, 3.63) is 92.9 Å². The van der Waals surface area contributed by atoms with Crippen LogP contribution in [0.15, 0.2) is 58.4 Å². The molecule has 274 valence electrons. The number of halogens is 1. The predicted molar refractivity (Wildman–Crippen MR) is 208 cm³/mol. The van der Waals surface area contributed by atoms with Crippen LogP contribution in [0.2, 0.25) is 0 Å². The van der Waals surface area contributed by atoms with E-state index in [-0.39, 0.29) is 34.3 Å². The second-order valence-electron chi connectivity index (χ2n) is 16.0. The van der Waals surface area contributed by atoms with Crippen LogP contribution in [0.1, 0.15) is 110 Å². The van der Waals surface area contributed by atoms with E-state index >= 15 is 0 Å². The zero-order valence-corrected chi connectivity index (χ0v) is 31.8. The number of hydrogen-bond donors (Lipinski definition) is 5. The molecule has 0 saturated heterocycles. The molecule has 4 aromatic rings. The Hall–Kier alpha value is -4.02. The Morgan fingerprint density at radius 3 is 2.24 bits per heavy atom. The first-order valence-electron chi connectivity index (χ1n) is 17.9. The molecule has 0 aliphatic carbocycles. The normalized spacial score (nSPS) is 12.6. The third-order valence-electron chi connectivity index (χ3n) is 8.43. The van der Waals surface area contributed by atoms with Crippen LogP contribution in [0.4, 0.5) is 4.39 Å². The molecule has 0 unspecified atom stereocenters. The van der Waals surface area contributed by atoms with Crippen LogP contribution >= 0.6 is 0 Å². The van der Waals surface area contributed by atoms with Crippen molar-refractivity contribution in [2.45, 2.75) is 118 Å². The van der Waals surface area contributed by atoms with Gasteiger partial charge in [0, 0.05) is 41.8 Å². The number of aromatic amines is 1. The average Bonchev–Trinajstić information content (AvgIpc) is 3.43. The second kappa shape index (κ2) is 17.8. The standard InChI is InChI=1S/C21H29N7O.C19H32FN/c1-21(2,3)17-11-15-13-28(20(29)27-18(15)26-17)16-7-5-14(6-8-16)12-24-9-4-10-25-19(22)23;1-13(2)10-16-11-15(9-7-8-14(3)21)12-17(18(16)20)19(4,5)6/h5-8,11,13,24H,4,9-10,12H2,1-3H3,(H4,22,23,25)(H,26,27,29);11-14H,7-10,21H2,1-6H3/t;14-/m.0/s1. The van der Waals surface area contributed by atoms with Crippen molar-refractivity contribution >= 4 is 17.0 Å². The monoisotopic (exact) mass is 688 g/mol. The summed E-state index contributed by atoms with van der Waals surface area (Å²) in [4.78, 5) is 23.9. The molecule has 0 amide bonds. The summed E-state index contributed by atoms with van der Waals surface area (Å²) in [7, 11) is 0. The van der Waals surface area contributed by atoms with E-state index < -0.39 is 0 Å². The molecule has 2 heterocycles. The van der Waals surface area contributed by atoms with Gasteiger partial charge in [-0.1, -0.05) is 79.7 Å². The van der Waals surface area contributed by atoms with Crippen molar-refractivity contribution in [2.24, 2.45) is 28.1 Å². The number of rotatable bonds is 13. The highest BCUT2D eigenvalue weighted by Gasteiger charge is 2.22. The fraction of sp³-hybridized carbons (Fsp3) is 0.525. The van der Waals surface area contributed by atoms with Crippen molar-refractivity contribution < 1.29 is 4.39 Å². The first-order chi connectivity index (χ1) is 23.3. The van der Waals surface area contributed by atoms with Crippen LogP contribution in [0.25, 0.3) is 16.7 Å². The fourth-order valence-corrected chi connectivity index (χ4v) is 5.66. The maximum Gasteiger partial charge on any atom is 0.354 e. The lowest BCUT2D eigenvalue weighted by molar-refractivity contribution is 0.504. The Bertz CT molecular complexity index is 1750. The number of nitrogens with one attached hydrogen (secondary N) is 2. The van der Waals surface area contributed by atoms with Gasteiger partial charge in [-0.05, 0) is 97.4 Å². The number of aryl methyl sites for hydroxylation is 1. The van der Waals surface area contributed by atoms with Gasteiger partial charge in [0.25, 0.3) is 0 Å². The van der Waals surface area contributed by atoms with Gasteiger partial charge in [-0.25, -0.2) is 9.18 Å². The summed E-state index contributed by atoms with van der Waals surface area (Å²) in [5.74, 6) is 0.580. The highest BCUT2D eigenvalue weighted by Crippen LogP contribution is 2.30. The number of nitrogens with zero attached hydrogens (tertiary/aromatic N) is 3. The topological polar surface area (TPSA) is 153 Å². The van der Waals surface area contributed by atoms with Crippen LogP contribution in [0.5, 0.6) is 0 Å². The molecule has 0 spiro atoms. The molecular weight excluding hydrogens is 627 g/mol. The van der Waals surface area contributed by atoms with Crippen molar-refractivity contribution in [1.29, 1.82) is 0 Å². The molecule has 10 heteroatoms. The number of benzene rings is 2. The number of hydrogen-bond acceptors (Lipinski definition) is 5. The molecule has 8 N–H and O–H groups in total. The molecule has 0 fully saturated rings. The molecule has 0 aliphatic rings. The molecular formula is C40H61FN8O. The van der Waals surface area contributed by atoms with Gasteiger partial charge in [-0.3, -0.25) is 9.56 Å². The SMILES string of the molecule is CC(C)(C)c1cc2cn(-c3ccc(CNCCCN=C(N)N)cc3)c(=O)nc2[nH]1.CC(C)Cc1cc(CCC[C@H](C)N)cc(C(C)(C)C)c1F. The third kappa shape index (κ3) is 12.4. The number of nitrogens with two attached hydrogens (primary N) is 3. The first-order valence-corrected chi connectivity index (χ1v) is 17.9. The zero-order valence-electron chi connectivity index (χ0n) is 31.8. The Labute approximate surface area is 298 Å². The van der Waals surface area contributed by atoms with Crippen molar-refractivity contribution in [3.8, 4) is 5.69 Å². The van der Waals surface area contributed by atoms with Crippen molar-refractivity contribution in [1.82, 2.24) is 19.9 Å². The molecule has 0 radical (unpaired) electrons. The minimum atomic E-state index is -0.301. The van der Waals surface area contributed by atoms with E-state index in [1.165, 1.54) is 5.56 Å². The van der Waals surface area contributed by atoms with Gasteiger partial charge in [0.15, 0.2) is 5.96 Å². The van der Waals surface area contributed by atoms with Crippen LogP contribution in [-0.4, -0.2) is 39.6 Å². The summed E-state index contributed by atoms with van der Waals surface area (Å²) in [6.07, 6.45) is 6.57. The lowest BCUT2D eigenvalue weighted by atomic mass is 9.82. The summed E-state index contributed by atoms with van der Waals surface area (Å²) in [5, 5.41) is 4.27. The fourth-order valence-electron chi connectivity index (χ4n) is 5.66. The quantitative estimate of drug-likeness (QED) is 0.0595. The molecule has 2 aromatic carbocycles. The first kappa shape index (κ1) is 40.4. The summed E-state index contributed by atoms with van der Waals surface area (Å²) < 4.78 is 16.3. The van der Waals surface area contributed by atoms with E-state index in [2.05, 4.69) is 93.9 Å². The molecule has 0 aliphatic heterocycles. The van der Waals surface area contributed by atoms with Gasteiger partial charge < -0.3 is 27.5 Å². The van der Waals surface area contributed by atoms with E-state index in [0.717, 1.165) is 78.7 Å². The highest BCUT2D eigenvalue weighted by atomic mass is 19.1. The smallest absolute Gasteiger partial charge is 0.354 e. The highest BCUT2D eigenvalue weighted by molar-refractivity contribution is 5.76. The minimum absolute atomic E-state index is 0.00728. The van der Waals surface area contributed by atoms with Gasteiger partial charge in [0.05, 0.1) is 5.69 Å². The number of fused-ring (bicyclic) bond motifs is 1. The summed E-state index contributed by atoms with van der Waals surface area (Å²) in [5.41, 5.74) is 22.5. The molecule has 50 heavy (non-hydrogen) atoms.